The zero-order chi connectivity index (χ0) is 11.5. The fourth-order valence-corrected chi connectivity index (χ4v) is 2.62. The lowest BCUT2D eigenvalue weighted by molar-refractivity contribution is -0.137. The van der Waals surface area contributed by atoms with Gasteiger partial charge in [-0.05, 0) is 31.7 Å². The third kappa shape index (κ3) is 2.55. The molecule has 0 aromatic carbocycles. The second-order valence-corrected chi connectivity index (χ2v) is 5.12. The van der Waals surface area contributed by atoms with Crippen molar-refractivity contribution in [2.75, 3.05) is 19.6 Å². The predicted octanol–water partition coefficient (Wildman–Crippen LogP) is 0.358. The summed E-state index contributed by atoms with van der Waals surface area (Å²) in [4.78, 5) is 14.1. The molecule has 1 amide bonds. The van der Waals surface area contributed by atoms with Crippen molar-refractivity contribution in [3.8, 4) is 0 Å². The molecule has 3 atom stereocenters. The molecule has 2 N–H and O–H groups in total. The van der Waals surface area contributed by atoms with E-state index in [9.17, 15) is 9.90 Å². The monoisotopic (exact) mass is 226 g/mol. The van der Waals surface area contributed by atoms with Gasteiger partial charge in [-0.2, -0.15) is 0 Å². The van der Waals surface area contributed by atoms with Crippen LogP contribution < -0.4 is 5.32 Å². The predicted molar refractivity (Wildman–Crippen MR) is 62.0 cm³/mol. The van der Waals surface area contributed by atoms with Gasteiger partial charge >= 0.3 is 0 Å². The third-order valence-corrected chi connectivity index (χ3v) is 3.78. The maximum absolute atomic E-state index is 12.2. The smallest absolute Gasteiger partial charge is 0.239 e. The normalized spacial score (nSPS) is 36.1. The van der Waals surface area contributed by atoms with E-state index < -0.39 is 0 Å². The van der Waals surface area contributed by atoms with E-state index in [1.807, 2.05) is 11.8 Å². The van der Waals surface area contributed by atoms with Gasteiger partial charge in [-0.25, -0.2) is 0 Å². The minimum Gasteiger partial charge on any atom is -0.393 e. The molecule has 2 heterocycles. The van der Waals surface area contributed by atoms with Crippen molar-refractivity contribution in [1.29, 1.82) is 0 Å². The Balaban J connectivity index is 1.89. The Bertz CT molecular complexity index is 251. The highest BCUT2D eigenvalue weighted by atomic mass is 16.3. The number of carbonyl (C=O) groups excluding carboxylic acids is 1. The molecule has 4 nitrogen and oxygen atoms in total. The molecule has 0 spiro atoms. The van der Waals surface area contributed by atoms with Crippen molar-refractivity contribution >= 4 is 5.91 Å². The molecular weight excluding hydrogens is 204 g/mol. The molecule has 2 aliphatic rings. The van der Waals surface area contributed by atoms with E-state index in [1.165, 1.54) is 6.42 Å². The SMILES string of the molecule is C[C@@H]1CN(C(=O)[C@@H]2CCCCN2)CC[C@H]1O. The second-order valence-electron chi connectivity index (χ2n) is 5.12. The molecule has 0 aromatic rings. The molecule has 2 fully saturated rings. The number of carbonyl (C=O) groups is 1. The lowest BCUT2D eigenvalue weighted by Crippen LogP contribution is -2.53. The first-order chi connectivity index (χ1) is 7.68. The minimum atomic E-state index is -0.233. The Morgan fingerprint density at radius 1 is 1.38 bits per heavy atom. The van der Waals surface area contributed by atoms with E-state index in [0.717, 1.165) is 25.8 Å². The van der Waals surface area contributed by atoms with Crippen LogP contribution in [0.25, 0.3) is 0 Å². The van der Waals surface area contributed by atoms with Crippen LogP contribution in [0.4, 0.5) is 0 Å². The van der Waals surface area contributed by atoms with E-state index in [4.69, 9.17) is 0 Å². The second kappa shape index (κ2) is 5.15. The lowest BCUT2D eigenvalue weighted by Gasteiger charge is -2.37. The van der Waals surface area contributed by atoms with Crippen molar-refractivity contribution < 1.29 is 9.90 Å². The summed E-state index contributed by atoms with van der Waals surface area (Å²) in [6.45, 7) is 4.39. The van der Waals surface area contributed by atoms with E-state index in [1.54, 1.807) is 0 Å². The number of hydrogen-bond donors (Lipinski definition) is 2. The van der Waals surface area contributed by atoms with Gasteiger partial charge in [0.15, 0.2) is 0 Å². The van der Waals surface area contributed by atoms with Gasteiger partial charge in [0.2, 0.25) is 5.91 Å². The number of piperidine rings is 2. The Hall–Kier alpha value is -0.610. The van der Waals surface area contributed by atoms with E-state index in [0.29, 0.717) is 13.1 Å². The third-order valence-electron chi connectivity index (χ3n) is 3.78. The number of aliphatic hydroxyl groups excluding tert-OH is 1. The molecule has 4 heteroatoms. The number of nitrogens with one attached hydrogen (secondary N) is 1. The quantitative estimate of drug-likeness (QED) is 0.678. The zero-order valence-corrected chi connectivity index (χ0v) is 9.98. The molecule has 0 bridgehead atoms. The maximum Gasteiger partial charge on any atom is 0.239 e. The van der Waals surface area contributed by atoms with Crippen LogP contribution in [-0.2, 0) is 4.79 Å². The standard InChI is InChI=1S/C12H22N2O2/c1-9-8-14(7-5-11(9)15)12(16)10-4-2-3-6-13-10/h9-11,13,15H,2-8H2,1H3/t9-,10+,11-/m1/s1. The molecule has 0 unspecified atom stereocenters. The summed E-state index contributed by atoms with van der Waals surface area (Å²) in [6, 6.07) is 0.0243. The fourth-order valence-electron chi connectivity index (χ4n) is 2.62. The van der Waals surface area contributed by atoms with Crippen LogP contribution in [0, 0.1) is 5.92 Å². The molecule has 0 radical (unpaired) electrons. The van der Waals surface area contributed by atoms with Gasteiger partial charge in [-0.1, -0.05) is 13.3 Å². The first kappa shape index (κ1) is 11.9. The number of amides is 1. The van der Waals surface area contributed by atoms with Crippen molar-refractivity contribution in [3.63, 3.8) is 0 Å². The van der Waals surface area contributed by atoms with Crippen LogP contribution in [0.2, 0.25) is 0 Å². The summed E-state index contributed by atoms with van der Waals surface area (Å²) in [5, 5.41) is 12.9. The Kier molecular flexibility index (Phi) is 3.82. The van der Waals surface area contributed by atoms with Gasteiger partial charge in [0.1, 0.15) is 0 Å². The van der Waals surface area contributed by atoms with E-state index >= 15 is 0 Å². The highest BCUT2D eigenvalue weighted by Gasteiger charge is 2.31. The molecule has 16 heavy (non-hydrogen) atoms. The maximum atomic E-state index is 12.2. The van der Waals surface area contributed by atoms with Crippen LogP contribution in [-0.4, -0.2) is 47.7 Å². The lowest BCUT2D eigenvalue weighted by atomic mass is 9.95. The number of nitrogens with zero attached hydrogens (tertiary/aromatic N) is 1. The Morgan fingerprint density at radius 2 is 2.19 bits per heavy atom. The first-order valence-corrected chi connectivity index (χ1v) is 6.38. The molecular formula is C12H22N2O2. The van der Waals surface area contributed by atoms with Crippen LogP contribution in [0.1, 0.15) is 32.6 Å². The van der Waals surface area contributed by atoms with Gasteiger partial charge in [-0.3, -0.25) is 4.79 Å². The molecule has 0 aliphatic carbocycles. The molecule has 0 saturated carbocycles. The average Bonchev–Trinajstić information content (AvgIpc) is 2.33. The van der Waals surface area contributed by atoms with Crippen LogP contribution in [0.3, 0.4) is 0 Å². The van der Waals surface area contributed by atoms with Gasteiger partial charge in [0.25, 0.3) is 0 Å². The zero-order valence-electron chi connectivity index (χ0n) is 9.98. The summed E-state index contributed by atoms with van der Waals surface area (Å²) in [7, 11) is 0. The Labute approximate surface area is 97.0 Å². The van der Waals surface area contributed by atoms with Gasteiger partial charge in [0, 0.05) is 13.1 Å². The molecule has 2 aliphatic heterocycles. The summed E-state index contributed by atoms with van der Waals surface area (Å²) < 4.78 is 0. The first-order valence-electron chi connectivity index (χ1n) is 6.38. The van der Waals surface area contributed by atoms with Gasteiger partial charge in [-0.15, -0.1) is 0 Å². The summed E-state index contributed by atoms with van der Waals surface area (Å²) in [5.41, 5.74) is 0. The van der Waals surface area contributed by atoms with Gasteiger partial charge < -0.3 is 15.3 Å². The van der Waals surface area contributed by atoms with Crippen molar-refractivity contribution in [2.24, 2.45) is 5.92 Å². The fraction of sp³-hybridized carbons (Fsp3) is 0.917. The van der Waals surface area contributed by atoms with Crippen LogP contribution in [0.5, 0.6) is 0 Å². The van der Waals surface area contributed by atoms with Gasteiger partial charge in [0.05, 0.1) is 12.1 Å². The van der Waals surface area contributed by atoms with E-state index in [2.05, 4.69) is 5.32 Å². The molecule has 2 rings (SSSR count). The molecule has 2 saturated heterocycles. The number of hydrogen-bond acceptors (Lipinski definition) is 3. The van der Waals surface area contributed by atoms with Crippen molar-refractivity contribution in [3.05, 3.63) is 0 Å². The number of aliphatic hydroxyl groups is 1. The highest BCUT2D eigenvalue weighted by Crippen LogP contribution is 2.19. The highest BCUT2D eigenvalue weighted by molar-refractivity contribution is 5.82. The summed E-state index contributed by atoms with van der Waals surface area (Å²) in [6.07, 6.45) is 3.78. The van der Waals surface area contributed by atoms with Crippen molar-refractivity contribution in [1.82, 2.24) is 10.2 Å². The van der Waals surface area contributed by atoms with Crippen LogP contribution in [0.15, 0.2) is 0 Å². The topological polar surface area (TPSA) is 52.6 Å². The Morgan fingerprint density at radius 3 is 2.81 bits per heavy atom. The summed E-state index contributed by atoms with van der Waals surface area (Å²) in [5.74, 6) is 0.444. The summed E-state index contributed by atoms with van der Waals surface area (Å²) >= 11 is 0. The molecule has 0 aromatic heterocycles. The number of likely N-dealkylation sites (tertiary alicyclic amines) is 1. The number of rotatable bonds is 1. The average molecular weight is 226 g/mol. The van der Waals surface area contributed by atoms with E-state index in [-0.39, 0.29) is 24.0 Å². The van der Waals surface area contributed by atoms with Crippen LogP contribution >= 0.6 is 0 Å². The molecule has 92 valence electrons. The van der Waals surface area contributed by atoms with Crippen molar-refractivity contribution in [2.45, 2.75) is 44.8 Å². The largest absolute Gasteiger partial charge is 0.393 e. The minimum absolute atomic E-state index is 0.0243.